The number of amides is 2. The van der Waals surface area contributed by atoms with Crippen LogP contribution in [-0.4, -0.2) is 41.4 Å². The fraction of sp³-hybridized carbons (Fsp3) is 0.333. The molecule has 5 nitrogen and oxygen atoms in total. The van der Waals surface area contributed by atoms with E-state index in [2.05, 4.69) is 17.2 Å². The second-order valence-electron chi connectivity index (χ2n) is 4.70. The molecule has 1 aromatic rings. The molecule has 1 heterocycles. The van der Waals surface area contributed by atoms with Crippen molar-refractivity contribution in [2.45, 2.75) is 12.6 Å². The van der Waals surface area contributed by atoms with Crippen LogP contribution in [0.25, 0.3) is 0 Å². The van der Waals surface area contributed by atoms with Crippen molar-refractivity contribution in [2.24, 2.45) is 5.73 Å². The van der Waals surface area contributed by atoms with Gasteiger partial charge < -0.3 is 16.0 Å². The first kappa shape index (κ1) is 15.4. The Balaban J connectivity index is 2.00. The lowest BCUT2D eigenvalue weighted by Gasteiger charge is -2.20. The zero-order valence-electron chi connectivity index (χ0n) is 11.8. The van der Waals surface area contributed by atoms with Crippen LogP contribution in [0.3, 0.4) is 0 Å². The number of thioether (sulfide) groups is 1. The van der Waals surface area contributed by atoms with Crippen molar-refractivity contribution in [1.82, 2.24) is 10.2 Å². The highest BCUT2D eigenvalue weighted by Crippen LogP contribution is 2.15. The van der Waals surface area contributed by atoms with E-state index in [9.17, 15) is 9.59 Å². The molecule has 3 N–H and O–H groups in total. The summed E-state index contributed by atoms with van der Waals surface area (Å²) in [7, 11) is 1.73. The van der Waals surface area contributed by atoms with Crippen molar-refractivity contribution in [2.75, 3.05) is 19.3 Å². The molecule has 1 atom stereocenters. The fourth-order valence-electron chi connectivity index (χ4n) is 2.04. The number of benzene rings is 1. The second-order valence-corrected chi connectivity index (χ2v) is 5.69. The molecule has 6 heteroatoms. The third-order valence-corrected chi connectivity index (χ3v) is 3.91. The Morgan fingerprint density at radius 1 is 1.57 bits per heavy atom. The Kier molecular flexibility index (Phi) is 5.26. The third kappa shape index (κ3) is 4.25. The number of likely N-dealkylation sites (N-methyl/N-ethyl adjacent to an activating group) is 1. The molecule has 1 fully saturated rings. The maximum Gasteiger partial charge on any atom is 0.279 e. The SMILES string of the molecule is CN(Cc1cccc(C#CCN)c1)C(=O)C1CSC(=O)N1. The molecule has 0 bridgehead atoms. The van der Waals surface area contributed by atoms with Gasteiger partial charge in [-0.15, -0.1) is 0 Å². The van der Waals surface area contributed by atoms with Gasteiger partial charge in [0.2, 0.25) is 5.91 Å². The number of carbonyl (C=O) groups excluding carboxylic acids is 2. The van der Waals surface area contributed by atoms with Gasteiger partial charge in [0, 0.05) is 24.9 Å². The van der Waals surface area contributed by atoms with E-state index in [1.165, 1.54) is 0 Å². The normalized spacial score (nSPS) is 16.9. The van der Waals surface area contributed by atoms with Crippen LogP contribution in [0.2, 0.25) is 0 Å². The number of hydrogen-bond donors (Lipinski definition) is 2. The molecule has 1 saturated heterocycles. The lowest BCUT2D eigenvalue weighted by molar-refractivity contribution is -0.131. The monoisotopic (exact) mass is 303 g/mol. The predicted octanol–water partition coefficient (Wildman–Crippen LogP) is 0.780. The van der Waals surface area contributed by atoms with Crippen LogP contribution in [0, 0.1) is 11.8 Å². The molecule has 0 spiro atoms. The quantitative estimate of drug-likeness (QED) is 0.809. The van der Waals surface area contributed by atoms with E-state index >= 15 is 0 Å². The van der Waals surface area contributed by atoms with E-state index in [-0.39, 0.29) is 11.1 Å². The highest BCUT2D eigenvalue weighted by molar-refractivity contribution is 8.14. The minimum Gasteiger partial charge on any atom is -0.340 e. The van der Waals surface area contributed by atoms with Crippen LogP contribution < -0.4 is 11.1 Å². The van der Waals surface area contributed by atoms with Crippen molar-refractivity contribution in [3.63, 3.8) is 0 Å². The highest BCUT2D eigenvalue weighted by Gasteiger charge is 2.30. The van der Waals surface area contributed by atoms with Crippen LogP contribution in [-0.2, 0) is 11.3 Å². The molecule has 1 unspecified atom stereocenters. The van der Waals surface area contributed by atoms with Gasteiger partial charge in [-0.05, 0) is 17.7 Å². The third-order valence-electron chi connectivity index (χ3n) is 3.03. The average molecular weight is 303 g/mol. The van der Waals surface area contributed by atoms with Crippen LogP contribution in [0.4, 0.5) is 4.79 Å². The van der Waals surface area contributed by atoms with Gasteiger partial charge in [0.05, 0.1) is 6.54 Å². The smallest absolute Gasteiger partial charge is 0.279 e. The van der Waals surface area contributed by atoms with E-state index in [1.807, 2.05) is 24.3 Å². The number of rotatable bonds is 3. The predicted molar refractivity (Wildman–Crippen MR) is 83.6 cm³/mol. The lowest BCUT2D eigenvalue weighted by atomic mass is 10.1. The molecule has 110 valence electrons. The Hall–Kier alpha value is -1.97. The van der Waals surface area contributed by atoms with Gasteiger partial charge in [0.15, 0.2) is 0 Å². The summed E-state index contributed by atoms with van der Waals surface area (Å²) >= 11 is 1.14. The van der Waals surface area contributed by atoms with Crippen molar-refractivity contribution in [3.05, 3.63) is 35.4 Å². The van der Waals surface area contributed by atoms with Gasteiger partial charge in [-0.3, -0.25) is 9.59 Å². The number of nitrogens with two attached hydrogens (primary N) is 1. The van der Waals surface area contributed by atoms with Crippen molar-refractivity contribution in [1.29, 1.82) is 0 Å². The Morgan fingerprint density at radius 3 is 3.05 bits per heavy atom. The summed E-state index contributed by atoms with van der Waals surface area (Å²) in [4.78, 5) is 25.0. The van der Waals surface area contributed by atoms with Crippen LogP contribution in [0.1, 0.15) is 11.1 Å². The van der Waals surface area contributed by atoms with Gasteiger partial charge in [-0.2, -0.15) is 0 Å². The summed E-state index contributed by atoms with van der Waals surface area (Å²) < 4.78 is 0. The highest BCUT2D eigenvalue weighted by atomic mass is 32.2. The second kappa shape index (κ2) is 7.16. The number of nitrogens with zero attached hydrogens (tertiary/aromatic N) is 1. The Bertz CT molecular complexity index is 606. The summed E-state index contributed by atoms with van der Waals surface area (Å²) in [6, 6.07) is 7.27. The van der Waals surface area contributed by atoms with E-state index in [4.69, 9.17) is 5.73 Å². The lowest BCUT2D eigenvalue weighted by Crippen LogP contribution is -2.43. The summed E-state index contributed by atoms with van der Waals surface area (Å²) in [6.07, 6.45) is 0. The van der Waals surface area contributed by atoms with E-state index in [0.717, 1.165) is 22.9 Å². The fourth-order valence-corrected chi connectivity index (χ4v) is 2.81. The van der Waals surface area contributed by atoms with Gasteiger partial charge in [-0.25, -0.2) is 0 Å². The summed E-state index contributed by atoms with van der Waals surface area (Å²) in [6.45, 7) is 0.801. The molecule has 1 aliphatic rings. The van der Waals surface area contributed by atoms with Gasteiger partial charge in [0.25, 0.3) is 5.24 Å². The first-order chi connectivity index (χ1) is 10.1. The molecular weight excluding hydrogens is 286 g/mol. The molecule has 0 radical (unpaired) electrons. The number of carbonyl (C=O) groups is 2. The van der Waals surface area contributed by atoms with Gasteiger partial charge in [-0.1, -0.05) is 35.7 Å². The maximum atomic E-state index is 12.2. The molecule has 0 aromatic heterocycles. The van der Waals surface area contributed by atoms with Crippen molar-refractivity contribution >= 4 is 22.9 Å². The minimum atomic E-state index is -0.423. The molecule has 21 heavy (non-hydrogen) atoms. The van der Waals surface area contributed by atoms with Crippen LogP contribution >= 0.6 is 11.8 Å². The van der Waals surface area contributed by atoms with Gasteiger partial charge in [0.1, 0.15) is 6.04 Å². The molecule has 1 aliphatic heterocycles. The minimum absolute atomic E-state index is 0.0770. The number of nitrogens with one attached hydrogen (secondary N) is 1. The van der Waals surface area contributed by atoms with Gasteiger partial charge >= 0.3 is 0 Å². The summed E-state index contributed by atoms with van der Waals surface area (Å²) in [5.74, 6) is 6.19. The summed E-state index contributed by atoms with van der Waals surface area (Å²) in [5, 5.41) is 2.52. The first-order valence-electron chi connectivity index (χ1n) is 6.56. The molecular formula is C15H17N3O2S. The standard InChI is InChI=1S/C15H17N3O2S/c1-18(14(19)13-10-21-15(20)17-13)9-12-5-2-4-11(8-12)6-3-7-16/h2,4-5,8,13H,7,9-10,16H2,1H3,(H,17,20). The molecule has 2 amide bonds. The van der Waals surface area contributed by atoms with E-state index in [0.29, 0.717) is 18.8 Å². The zero-order chi connectivity index (χ0) is 15.2. The maximum absolute atomic E-state index is 12.2. The topological polar surface area (TPSA) is 75.4 Å². The van der Waals surface area contributed by atoms with E-state index in [1.54, 1.807) is 11.9 Å². The molecule has 1 aromatic carbocycles. The van der Waals surface area contributed by atoms with E-state index < -0.39 is 6.04 Å². The zero-order valence-corrected chi connectivity index (χ0v) is 12.6. The molecule has 0 aliphatic carbocycles. The average Bonchev–Trinajstić information content (AvgIpc) is 2.91. The van der Waals surface area contributed by atoms with Crippen LogP contribution in [0.15, 0.2) is 24.3 Å². The van der Waals surface area contributed by atoms with Crippen molar-refractivity contribution in [3.8, 4) is 11.8 Å². The summed E-state index contributed by atoms with van der Waals surface area (Å²) in [5.41, 5.74) is 7.22. The Labute approximate surface area is 128 Å². The van der Waals surface area contributed by atoms with Crippen LogP contribution in [0.5, 0.6) is 0 Å². The number of hydrogen-bond acceptors (Lipinski definition) is 4. The Morgan fingerprint density at radius 2 is 2.38 bits per heavy atom. The molecule has 0 saturated carbocycles. The van der Waals surface area contributed by atoms with Crippen molar-refractivity contribution < 1.29 is 9.59 Å². The molecule has 2 rings (SSSR count). The largest absolute Gasteiger partial charge is 0.340 e. The first-order valence-corrected chi connectivity index (χ1v) is 7.55.